The summed E-state index contributed by atoms with van der Waals surface area (Å²) in [5.41, 5.74) is 6.40. The Kier molecular flexibility index (Phi) is 4.68. The van der Waals surface area contributed by atoms with Crippen molar-refractivity contribution in [3.63, 3.8) is 0 Å². The molecule has 5 heteroatoms. The molecule has 0 bridgehead atoms. The standard InChI is InChI=1S/C12H20N2O2S/c1-10-6-4-5-7-12(10)17(15,16)14(3)9-8-11(2)13/h4-7,11H,8-9,13H2,1-3H3. The van der Waals surface area contributed by atoms with Crippen LogP contribution in [0.15, 0.2) is 29.2 Å². The van der Waals surface area contributed by atoms with Crippen LogP contribution in [0.2, 0.25) is 0 Å². The summed E-state index contributed by atoms with van der Waals surface area (Å²) in [6.07, 6.45) is 0.654. The fourth-order valence-electron chi connectivity index (χ4n) is 1.52. The van der Waals surface area contributed by atoms with E-state index in [0.717, 1.165) is 5.56 Å². The van der Waals surface area contributed by atoms with Gasteiger partial charge in [-0.2, -0.15) is 0 Å². The van der Waals surface area contributed by atoms with Crippen molar-refractivity contribution in [2.45, 2.75) is 31.2 Å². The summed E-state index contributed by atoms with van der Waals surface area (Å²) >= 11 is 0. The molecule has 0 radical (unpaired) electrons. The maximum atomic E-state index is 12.3. The molecule has 1 rings (SSSR count). The molecule has 0 aliphatic heterocycles. The second-order valence-corrected chi connectivity index (χ2v) is 6.37. The first-order chi connectivity index (χ1) is 7.85. The largest absolute Gasteiger partial charge is 0.328 e. The number of nitrogens with two attached hydrogens (primary N) is 1. The Morgan fingerprint density at radius 1 is 1.35 bits per heavy atom. The van der Waals surface area contributed by atoms with Crippen LogP contribution in [0.5, 0.6) is 0 Å². The minimum Gasteiger partial charge on any atom is -0.328 e. The summed E-state index contributed by atoms with van der Waals surface area (Å²) in [5, 5.41) is 0. The SMILES string of the molecule is Cc1ccccc1S(=O)(=O)N(C)CCC(C)N. The number of nitrogens with zero attached hydrogens (tertiary/aromatic N) is 1. The van der Waals surface area contributed by atoms with E-state index in [2.05, 4.69) is 0 Å². The van der Waals surface area contributed by atoms with Crippen molar-refractivity contribution in [2.24, 2.45) is 5.73 Å². The molecule has 1 aromatic carbocycles. The van der Waals surface area contributed by atoms with Gasteiger partial charge in [-0.15, -0.1) is 0 Å². The smallest absolute Gasteiger partial charge is 0.243 e. The molecule has 0 saturated carbocycles. The molecular weight excluding hydrogens is 236 g/mol. The number of hydrogen-bond acceptors (Lipinski definition) is 3. The van der Waals surface area contributed by atoms with Crippen molar-refractivity contribution >= 4 is 10.0 Å². The first kappa shape index (κ1) is 14.2. The Bertz CT molecular complexity index is 469. The minimum atomic E-state index is -3.39. The summed E-state index contributed by atoms with van der Waals surface area (Å²) < 4.78 is 25.9. The topological polar surface area (TPSA) is 63.4 Å². The van der Waals surface area contributed by atoms with Gasteiger partial charge in [-0.3, -0.25) is 0 Å². The molecule has 0 saturated heterocycles. The Balaban J connectivity index is 2.92. The molecule has 0 amide bonds. The predicted octanol–water partition coefficient (Wildman–Crippen LogP) is 1.35. The first-order valence-corrected chi connectivity index (χ1v) is 7.07. The third-order valence-corrected chi connectivity index (χ3v) is 4.70. The van der Waals surface area contributed by atoms with Crippen LogP contribution in [0.3, 0.4) is 0 Å². The molecule has 17 heavy (non-hydrogen) atoms. The zero-order valence-corrected chi connectivity index (χ0v) is 11.4. The molecule has 0 aliphatic rings. The van der Waals surface area contributed by atoms with Crippen LogP contribution in [0.4, 0.5) is 0 Å². The lowest BCUT2D eigenvalue weighted by Crippen LogP contribution is -2.31. The van der Waals surface area contributed by atoms with Crippen molar-refractivity contribution in [1.29, 1.82) is 0 Å². The minimum absolute atomic E-state index is 0.00419. The van der Waals surface area contributed by atoms with Gasteiger partial charge in [-0.1, -0.05) is 18.2 Å². The van der Waals surface area contributed by atoms with Gasteiger partial charge in [0.2, 0.25) is 10.0 Å². The van der Waals surface area contributed by atoms with Crippen LogP contribution in [0, 0.1) is 6.92 Å². The Morgan fingerprint density at radius 3 is 2.47 bits per heavy atom. The monoisotopic (exact) mass is 256 g/mol. The van der Waals surface area contributed by atoms with E-state index in [1.165, 1.54) is 4.31 Å². The normalized spacial score (nSPS) is 13.9. The molecule has 2 N–H and O–H groups in total. The molecule has 1 unspecified atom stereocenters. The third-order valence-electron chi connectivity index (χ3n) is 2.68. The van der Waals surface area contributed by atoms with Crippen LogP contribution >= 0.6 is 0 Å². The highest BCUT2D eigenvalue weighted by atomic mass is 32.2. The highest BCUT2D eigenvalue weighted by Crippen LogP contribution is 2.18. The molecular formula is C12H20N2O2S. The van der Waals surface area contributed by atoms with Gasteiger partial charge < -0.3 is 5.73 Å². The first-order valence-electron chi connectivity index (χ1n) is 5.63. The Hall–Kier alpha value is -0.910. The van der Waals surface area contributed by atoms with E-state index in [1.54, 1.807) is 32.2 Å². The lowest BCUT2D eigenvalue weighted by atomic mass is 10.2. The molecule has 0 aliphatic carbocycles. The summed E-state index contributed by atoms with van der Waals surface area (Å²) in [7, 11) is -1.80. The van der Waals surface area contributed by atoms with E-state index in [1.807, 2.05) is 13.0 Å². The molecule has 0 aromatic heterocycles. The van der Waals surface area contributed by atoms with Crippen LogP contribution in [0.25, 0.3) is 0 Å². The van der Waals surface area contributed by atoms with Gasteiger partial charge in [0, 0.05) is 19.6 Å². The van der Waals surface area contributed by atoms with Gasteiger partial charge in [-0.25, -0.2) is 12.7 Å². The number of aryl methyl sites for hydroxylation is 1. The van der Waals surface area contributed by atoms with E-state index >= 15 is 0 Å². The van der Waals surface area contributed by atoms with Gasteiger partial charge in [0.25, 0.3) is 0 Å². The van der Waals surface area contributed by atoms with Crippen molar-refractivity contribution in [2.75, 3.05) is 13.6 Å². The second kappa shape index (κ2) is 5.62. The zero-order chi connectivity index (χ0) is 13.1. The maximum Gasteiger partial charge on any atom is 0.243 e. The van der Waals surface area contributed by atoms with Crippen LogP contribution < -0.4 is 5.73 Å². The van der Waals surface area contributed by atoms with E-state index in [4.69, 9.17) is 5.73 Å². The van der Waals surface area contributed by atoms with Crippen LogP contribution in [-0.4, -0.2) is 32.4 Å². The molecule has 96 valence electrons. The van der Waals surface area contributed by atoms with Crippen molar-refractivity contribution in [3.05, 3.63) is 29.8 Å². The molecule has 0 spiro atoms. The van der Waals surface area contributed by atoms with Crippen molar-refractivity contribution < 1.29 is 8.42 Å². The van der Waals surface area contributed by atoms with E-state index < -0.39 is 10.0 Å². The number of hydrogen-bond donors (Lipinski definition) is 1. The second-order valence-electron chi connectivity index (χ2n) is 4.36. The molecule has 1 atom stereocenters. The fraction of sp³-hybridized carbons (Fsp3) is 0.500. The Morgan fingerprint density at radius 2 is 1.94 bits per heavy atom. The highest BCUT2D eigenvalue weighted by molar-refractivity contribution is 7.89. The van der Waals surface area contributed by atoms with Gasteiger partial charge in [0.15, 0.2) is 0 Å². The number of benzene rings is 1. The molecule has 4 nitrogen and oxygen atoms in total. The lowest BCUT2D eigenvalue weighted by Gasteiger charge is -2.19. The van der Waals surface area contributed by atoms with Crippen molar-refractivity contribution in [1.82, 2.24) is 4.31 Å². The van der Waals surface area contributed by atoms with Gasteiger partial charge in [0.1, 0.15) is 0 Å². The average molecular weight is 256 g/mol. The third kappa shape index (κ3) is 3.52. The highest BCUT2D eigenvalue weighted by Gasteiger charge is 2.21. The predicted molar refractivity (Wildman–Crippen MR) is 69.3 cm³/mol. The lowest BCUT2D eigenvalue weighted by molar-refractivity contribution is 0.446. The molecule has 0 fully saturated rings. The van der Waals surface area contributed by atoms with Gasteiger partial charge >= 0.3 is 0 Å². The fourth-order valence-corrected chi connectivity index (χ4v) is 2.93. The quantitative estimate of drug-likeness (QED) is 0.865. The summed E-state index contributed by atoms with van der Waals surface area (Å²) in [5.74, 6) is 0. The van der Waals surface area contributed by atoms with E-state index in [0.29, 0.717) is 17.9 Å². The summed E-state index contributed by atoms with van der Waals surface area (Å²) in [6.45, 7) is 4.11. The Labute approximate surface area is 103 Å². The molecule has 1 aromatic rings. The number of sulfonamides is 1. The number of rotatable bonds is 5. The average Bonchev–Trinajstić information content (AvgIpc) is 2.26. The van der Waals surface area contributed by atoms with Gasteiger partial charge in [0.05, 0.1) is 4.90 Å². The zero-order valence-electron chi connectivity index (χ0n) is 10.6. The van der Waals surface area contributed by atoms with Crippen LogP contribution in [-0.2, 0) is 10.0 Å². The van der Waals surface area contributed by atoms with Gasteiger partial charge in [-0.05, 0) is 31.9 Å². The maximum absolute atomic E-state index is 12.3. The molecule has 0 heterocycles. The van der Waals surface area contributed by atoms with E-state index in [-0.39, 0.29) is 6.04 Å². The summed E-state index contributed by atoms with van der Waals surface area (Å²) in [6, 6.07) is 7.00. The van der Waals surface area contributed by atoms with E-state index in [9.17, 15) is 8.42 Å². The van der Waals surface area contributed by atoms with Crippen LogP contribution in [0.1, 0.15) is 18.9 Å². The van der Waals surface area contributed by atoms with Crippen molar-refractivity contribution in [3.8, 4) is 0 Å². The summed E-state index contributed by atoms with van der Waals surface area (Å²) in [4.78, 5) is 0.368.